The number of benzene rings is 1. The first-order valence-electron chi connectivity index (χ1n) is 4.12. The van der Waals surface area contributed by atoms with Gasteiger partial charge in [-0.3, -0.25) is 0 Å². The molecule has 2 rings (SSSR count). The number of amidine groups is 1. The van der Waals surface area contributed by atoms with E-state index in [9.17, 15) is 0 Å². The number of fused-ring (bicyclic) bond motifs is 1. The molecule has 3 N–H and O–H groups in total. The van der Waals surface area contributed by atoms with Crippen molar-refractivity contribution in [3.63, 3.8) is 0 Å². The van der Waals surface area contributed by atoms with Crippen LogP contribution in [0.1, 0.15) is 11.1 Å². The molecule has 0 saturated carbocycles. The van der Waals surface area contributed by atoms with Crippen LogP contribution in [0.2, 0.25) is 0 Å². The summed E-state index contributed by atoms with van der Waals surface area (Å²) in [4.78, 5) is 4.31. The number of rotatable bonds is 1. The first kappa shape index (κ1) is 8.79. The summed E-state index contributed by atoms with van der Waals surface area (Å²) in [5.74, 6) is 0.574. The van der Waals surface area contributed by atoms with Gasteiger partial charge in [-0.25, -0.2) is 0 Å². The van der Waals surface area contributed by atoms with Gasteiger partial charge >= 0.3 is 83.4 Å². The standard InChI is InChI=1S/C9H11AsN2O/c11-9-7-4-2-1-3-6(7)5-8(10-13)12-9/h1-4,8,10,13H,5H2,(H2,11,12). The predicted molar refractivity (Wildman–Crippen MR) is 54.0 cm³/mol. The molecular formula is C9H11AsN2O. The second kappa shape index (κ2) is 3.52. The average molecular weight is 238 g/mol. The number of hydrogen-bond donors (Lipinski definition) is 2. The Hall–Kier alpha value is -0.792. The first-order chi connectivity index (χ1) is 6.31. The quantitative estimate of drug-likeness (QED) is 0.655. The minimum atomic E-state index is -0.957. The van der Waals surface area contributed by atoms with Crippen LogP contribution in [0, 0.1) is 0 Å². The number of nitrogens with two attached hydrogens (primary N) is 1. The van der Waals surface area contributed by atoms with Crippen LogP contribution in [-0.2, 0) is 6.42 Å². The SMILES string of the molecule is NC1=NC([AsH]O)Cc2ccccc21. The molecule has 1 aromatic carbocycles. The fourth-order valence-corrected chi connectivity index (χ4v) is 2.58. The third-order valence-electron chi connectivity index (χ3n) is 2.15. The summed E-state index contributed by atoms with van der Waals surface area (Å²) in [6, 6.07) is 7.97. The Labute approximate surface area is 83.7 Å². The van der Waals surface area contributed by atoms with Gasteiger partial charge in [0.1, 0.15) is 0 Å². The van der Waals surface area contributed by atoms with Gasteiger partial charge in [0, 0.05) is 0 Å². The molecule has 1 heterocycles. The Morgan fingerprint density at radius 2 is 2.23 bits per heavy atom. The predicted octanol–water partition coefficient (Wildman–Crippen LogP) is -0.382. The molecule has 0 saturated heterocycles. The Morgan fingerprint density at radius 3 is 3.00 bits per heavy atom. The molecule has 2 atom stereocenters. The van der Waals surface area contributed by atoms with E-state index in [1.165, 1.54) is 5.56 Å². The molecule has 1 aromatic rings. The first-order valence-corrected chi connectivity index (χ1v) is 6.27. The van der Waals surface area contributed by atoms with Crippen molar-refractivity contribution in [2.45, 2.75) is 11.3 Å². The maximum atomic E-state index is 9.10. The molecule has 0 bridgehead atoms. The minimum absolute atomic E-state index is 0.0647. The van der Waals surface area contributed by atoms with Crippen LogP contribution in [0.5, 0.6) is 0 Å². The second-order valence-electron chi connectivity index (χ2n) is 3.02. The third-order valence-corrected chi connectivity index (χ3v) is 3.47. The molecule has 68 valence electrons. The third kappa shape index (κ3) is 1.62. The van der Waals surface area contributed by atoms with E-state index in [4.69, 9.17) is 9.83 Å². The van der Waals surface area contributed by atoms with Crippen molar-refractivity contribution in [3.05, 3.63) is 35.4 Å². The van der Waals surface area contributed by atoms with E-state index >= 15 is 0 Å². The number of hydrogen-bond acceptors (Lipinski definition) is 3. The van der Waals surface area contributed by atoms with E-state index in [0.717, 1.165) is 12.0 Å². The molecule has 1 aliphatic rings. The van der Waals surface area contributed by atoms with Crippen molar-refractivity contribution in [1.29, 1.82) is 0 Å². The molecule has 4 heteroatoms. The maximum absolute atomic E-state index is 9.10. The molecule has 0 amide bonds. The summed E-state index contributed by atoms with van der Waals surface area (Å²) in [5.41, 5.74) is 8.00. The number of aliphatic imine (C=N–C) groups is 1. The van der Waals surface area contributed by atoms with Crippen LogP contribution in [0.25, 0.3) is 0 Å². The summed E-state index contributed by atoms with van der Waals surface area (Å²) in [6.45, 7) is 0. The Morgan fingerprint density at radius 1 is 1.46 bits per heavy atom. The summed E-state index contributed by atoms with van der Waals surface area (Å²) in [7, 11) is 0. The van der Waals surface area contributed by atoms with Gasteiger partial charge in [-0.1, -0.05) is 0 Å². The van der Waals surface area contributed by atoms with Crippen LogP contribution in [0.4, 0.5) is 0 Å². The van der Waals surface area contributed by atoms with E-state index < -0.39 is 16.1 Å². The van der Waals surface area contributed by atoms with Crippen molar-refractivity contribution < 1.29 is 4.10 Å². The van der Waals surface area contributed by atoms with Crippen LogP contribution in [0.15, 0.2) is 29.3 Å². The molecule has 3 nitrogen and oxygen atoms in total. The van der Waals surface area contributed by atoms with E-state index in [1.54, 1.807) is 0 Å². The van der Waals surface area contributed by atoms with Crippen molar-refractivity contribution in [3.8, 4) is 0 Å². The van der Waals surface area contributed by atoms with Crippen molar-refractivity contribution in [2.24, 2.45) is 10.7 Å². The van der Waals surface area contributed by atoms with Crippen LogP contribution in [-0.4, -0.2) is 30.9 Å². The average Bonchev–Trinajstić information content (AvgIpc) is 2.18. The van der Waals surface area contributed by atoms with E-state index in [2.05, 4.69) is 4.99 Å². The van der Waals surface area contributed by atoms with Gasteiger partial charge < -0.3 is 0 Å². The molecule has 0 spiro atoms. The summed E-state index contributed by atoms with van der Waals surface area (Å²) < 4.78 is 9.10. The Kier molecular flexibility index (Phi) is 2.38. The van der Waals surface area contributed by atoms with E-state index in [-0.39, 0.29) is 4.83 Å². The second-order valence-corrected chi connectivity index (χ2v) is 4.96. The van der Waals surface area contributed by atoms with Gasteiger partial charge in [-0.15, -0.1) is 0 Å². The zero-order valence-electron chi connectivity index (χ0n) is 7.07. The van der Waals surface area contributed by atoms with Gasteiger partial charge in [0.05, 0.1) is 0 Å². The zero-order valence-corrected chi connectivity index (χ0v) is 9.16. The topological polar surface area (TPSA) is 58.6 Å². The summed E-state index contributed by atoms with van der Waals surface area (Å²) in [6.07, 6.45) is 0.841. The molecule has 0 radical (unpaired) electrons. The van der Waals surface area contributed by atoms with Crippen LogP contribution < -0.4 is 5.73 Å². The normalized spacial score (nSPS) is 21.6. The van der Waals surface area contributed by atoms with Crippen molar-refractivity contribution in [2.75, 3.05) is 0 Å². The van der Waals surface area contributed by atoms with Crippen molar-refractivity contribution >= 4 is 21.9 Å². The molecule has 0 aliphatic carbocycles. The fraction of sp³-hybridized carbons (Fsp3) is 0.222. The number of nitrogens with zero attached hydrogens (tertiary/aromatic N) is 1. The fourth-order valence-electron chi connectivity index (χ4n) is 1.51. The van der Waals surface area contributed by atoms with Gasteiger partial charge in [0.2, 0.25) is 0 Å². The molecule has 1 aliphatic heterocycles. The van der Waals surface area contributed by atoms with Gasteiger partial charge in [-0.05, 0) is 0 Å². The monoisotopic (exact) mass is 238 g/mol. The molecule has 2 unspecified atom stereocenters. The van der Waals surface area contributed by atoms with Crippen LogP contribution >= 0.6 is 0 Å². The van der Waals surface area contributed by atoms with Crippen LogP contribution in [0.3, 0.4) is 0 Å². The molecular weight excluding hydrogens is 227 g/mol. The Bertz CT molecular complexity index is 351. The van der Waals surface area contributed by atoms with E-state index in [0.29, 0.717) is 5.84 Å². The van der Waals surface area contributed by atoms with Crippen molar-refractivity contribution in [1.82, 2.24) is 0 Å². The van der Waals surface area contributed by atoms with Gasteiger partial charge in [0.15, 0.2) is 0 Å². The molecule has 0 fully saturated rings. The summed E-state index contributed by atoms with van der Waals surface area (Å²) in [5, 5.41) is 0. The van der Waals surface area contributed by atoms with Gasteiger partial charge in [0.25, 0.3) is 0 Å². The zero-order chi connectivity index (χ0) is 9.26. The van der Waals surface area contributed by atoms with E-state index in [1.807, 2.05) is 24.3 Å². The Balaban J connectivity index is 2.42. The molecule has 0 aromatic heterocycles. The van der Waals surface area contributed by atoms with Gasteiger partial charge in [-0.2, -0.15) is 0 Å². The summed E-state index contributed by atoms with van der Waals surface area (Å²) >= 11 is -0.957. The molecule has 13 heavy (non-hydrogen) atoms.